The molecule has 2 rings (SSSR count). The standard InChI is InChI=1S/C7H5F3O3S.C7H8S/c8-7(9,10)5-3-1-2-4-6(5)14(11,12)13;1-6-2-4-7(8)5-3-6/h1-4H,(H,11,12,13);2-5,8H,1H3. The summed E-state index contributed by atoms with van der Waals surface area (Å²) in [5.74, 6) is 0. The summed E-state index contributed by atoms with van der Waals surface area (Å²) in [7, 11) is -4.84. The first-order valence-corrected chi connectivity index (χ1v) is 7.80. The normalized spacial score (nSPS) is 11.5. The van der Waals surface area contributed by atoms with Gasteiger partial charge in [-0.25, -0.2) is 0 Å². The van der Waals surface area contributed by atoms with Crippen molar-refractivity contribution in [2.75, 3.05) is 0 Å². The summed E-state index contributed by atoms with van der Waals surface area (Å²) in [6, 6.07) is 11.5. The van der Waals surface area contributed by atoms with Crippen molar-refractivity contribution in [2.45, 2.75) is 22.9 Å². The molecule has 2 aromatic carbocycles. The van der Waals surface area contributed by atoms with Crippen molar-refractivity contribution in [3.05, 3.63) is 59.7 Å². The molecule has 22 heavy (non-hydrogen) atoms. The second kappa shape index (κ2) is 7.17. The number of benzene rings is 2. The largest absolute Gasteiger partial charge is 0.417 e. The first-order valence-electron chi connectivity index (χ1n) is 5.91. The van der Waals surface area contributed by atoms with Gasteiger partial charge in [-0.1, -0.05) is 29.8 Å². The molecule has 120 valence electrons. The molecule has 1 N–H and O–H groups in total. The van der Waals surface area contributed by atoms with E-state index < -0.39 is 26.8 Å². The number of hydrogen-bond acceptors (Lipinski definition) is 3. The van der Waals surface area contributed by atoms with Gasteiger partial charge in [-0.2, -0.15) is 21.6 Å². The molecule has 0 unspecified atom stereocenters. The first-order chi connectivity index (χ1) is 10.0. The maximum atomic E-state index is 12.2. The number of halogens is 3. The molecular weight excluding hydrogens is 337 g/mol. The highest BCUT2D eigenvalue weighted by Gasteiger charge is 2.36. The second-order valence-electron chi connectivity index (χ2n) is 4.30. The van der Waals surface area contributed by atoms with E-state index in [1.807, 2.05) is 24.3 Å². The van der Waals surface area contributed by atoms with Crippen molar-refractivity contribution in [3.8, 4) is 0 Å². The number of hydrogen-bond donors (Lipinski definition) is 2. The van der Waals surface area contributed by atoms with Crippen LogP contribution >= 0.6 is 12.6 Å². The quantitative estimate of drug-likeness (QED) is 0.598. The molecule has 0 amide bonds. The summed E-state index contributed by atoms with van der Waals surface area (Å²) in [4.78, 5) is -0.108. The van der Waals surface area contributed by atoms with E-state index in [1.165, 1.54) is 5.56 Å². The lowest BCUT2D eigenvalue weighted by Crippen LogP contribution is -2.12. The van der Waals surface area contributed by atoms with Crippen molar-refractivity contribution in [2.24, 2.45) is 0 Å². The molecule has 0 saturated carbocycles. The summed E-state index contributed by atoms with van der Waals surface area (Å²) in [5.41, 5.74) is -0.0923. The van der Waals surface area contributed by atoms with E-state index in [2.05, 4.69) is 19.6 Å². The fourth-order valence-electron chi connectivity index (χ4n) is 1.47. The minimum Gasteiger partial charge on any atom is -0.282 e. The number of rotatable bonds is 1. The van der Waals surface area contributed by atoms with Gasteiger partial charge in [-0.15, -0.1) is 12.6 Å². The molecule has 0 atom stereocenters. The van der Waals surface area contributed by atoms with Gasteiger partial charge in [-0.05, 0) is 31.2 Å². The lowest BCUT2D eigenvalue weighted by molar-refractivity contribution is -0.140. The van der Waals surface area contributed by atoms with Gasteiger partial charge >= 0.3 is 6.18 Å². The predicted octanol–water partition coefficient (Wildman–Crippen LogP) is 4.24. The summed E-state index contributed by atoms with van der Waals surface area (Å²) >= 11 is 4.13. The zero-order valence-electron chi connectivity index (χ0n) is 11.4. The van der Waals surface area contributed by atoms with E-state index in [0.29, 0.717) is 12.1 Å². The number of thiol groups is 1. The van der Waals surface area contributed by atoms with Crippen molar-refractivity contribution in [1.82, 2.24) is 0 Å². The summed E-state index contributed by atoms with van der Waals surface area (Å²) in [6.45, 7) is 2.06. The molecular formula is C14H13F3O3S2. The van der Waals surface area contributed by atoms with Crippen LogP contribution in [0.15, 0.2) is 58.3 Å². The Morgan fingerprint density at radius 3 is 1.86 bits per heavy atom. The van der Waals surface area contributed by atoms with Crippen LogP contribution in [0, 0.1) is 6.92 Å². The molecule has 0 aliphatic rings. The second-order valence-corrected chi connectivity index (χ2v) is 6.21. The summed E-state index contributed by atoms with van der Waals surface area (Å²) in [6.07, 6.45) is -4.80. The Labute approximate surface area is 132 Å². The topological polar surface area (TPSA) is 54.4 Å². The smallest absolute Gasteiger partial charge is 0.282 e. The van der Waals surface area contributed by atoms with Crippen LogP contribution in [0.1, 0.15) is 11.1 Å². The fraction of sp³-hybridized carbons (Fsp3) is 0.143. The third kappa shape index (κ3) is 5.70. The van der Waals surface area contributed by atoms with Gasteiger partial charge in [0.05, 0.1) is 5.56 Å². The van der Waals surface area contributed by atoms with E-state index >= 15 is 0 Å². The van der Waals surface area contributed by atoms with Gasteiger partial charge in [-0.3, -0.25) is 4.55 Å². The highest BCUT2D eigenvalue weighted by atomic mass is 32.2. The van der Waals surface area contributed by atoms with Gasteiger partial charge in [0.2, 0.25) is 0 Å². The van der Waals surface area contributed by atoms with E-state index in [1.54, 1.807) is 0 Å². The van der Waals surface area contributed by atoms with Gasteiger partial charge in [0.1, 0.15) is 4.90 Å². The molecule has 0 bridgehead atoms. The van der Waals surface area contributed by atoms with Crippen molar-refractivity contribution in [3.63, 3.8) is 0 Å². The first kappa shape index (κ1) is 18.5. The van der Waals surface area contributed by atoms with Crippen LogP contribution in [-0.4, -0.2) is 13.0 Å². The SMILES string of the molecule is Cc1ccc(S)cc1.O=S(=O)(O)c1ccccc1C(F)(F)F. The predicted molar refractivity (Wildman–Crippen MR) is 79.7 cm³/mol. The van der Waals surface area contributed by atoms with Crippen LogP contribution in [0.5, 0.6) is 0 Å². The molecule has 0 fully saturated rings. The Hall–Kier alpha value is -1.51. The molecule has 0 spiro atoms. The van der Waals surface area contributed by atoms with E-state index in [4.69, 9.17) is 4.55 Å². The maximum absolute atomic E-state index is 12.2. The molecule has 0 heterocycles. The Bertz CT molecular complexity index is 703. The van der Waals surface area contributed by atoms with Gasteiger partial charge in [0.25, 0.3) is 10.1 Å². The van der Waals surface area contributed by atoms with Crippen LogP contribution < -0.4 is 0 Å². The third-order valence-corrected chi connectivity index (χ3v) is 3.71. The van der Waals surface area contributed by atoms with Crippen LogP contribution in [-0.2, 0) is 16.3 Å². The van der Waals surface area contributed by atoms with Crippen molar-refractivity contribution < 1.29 is 26.1 Å². The lowest BCUT2D eigenvalue weighted by atomic mass is 10.2. The molecule has 2 aromatic rings. The molecule has 8 heteroatoms. The number of aryl methyl sites for hydroxylation is 1. The highest BCUT2D eigenvalue weighted by Crippen LogP contribution is 2.33. The molecule has 0 saturated heterocycles. The Balaban J connectivity index is 0.000000255. The lowest BCUT2D eigenvalue weighted by Gasteiger charge is -2.09. The van der Waals surface area contributed by atoms with Crippen LogP contribution in [0.3, 0.4) is 0 Å². The van der Waals surface area contributed by atoms with Crippen molar-refractivity contribution in [1.29, 1.82) is 0 Å². The molecule has 3 nitrogen and oxygen atoms in total. The average Bonchev–Trinajstić information content (AvgIpc) is 2.41. The maximum Gasteiger partial charge on any atom is 0.417 e. The van der Waals surface area contributed by atoms with E-state index in [9.17, 15) is 21.6 Å². The monoisotopic (exact) mass is 350 g/mol. The van der Waals surface area contributed by atoms with E-state index in [0.717, 1.165) is 17.0 Å². The van der Waals surface area contributed by atoms with E-state index in [-0.39, 0.29) is 0 Å². The van der Waals surface area contributed by atoms with Gasteiger partial charge in [0.15, 0.2) is 0 Å². The number of alkyl halides is 3. The van der Waals surface area contributed by atoms with Crippen LogP contribution in [0.2, 0.25) is 0 Å². The third-order valence-electron chi connectivity index (χ3n) is 2.50. The van der Waals surface area contributed by atoms with Crippen LogP contribution in [0.4, 0.5) is 13.2 Å². The molecule has 0 aliphatic carbocycles. The molecule has 0 radical (unpaired) electrons. The molecule has 0 aromatic heterocycles. The Kier molecular flexibility index (Phi) is 6.04. The average molecular weight is 350 g/mol. The highest BCUT2D eigenvalue weighted by molar-refractivity contribution is 7.85. The molecule has 0 aliphatic heterocycles. The Morgan fingerprint density at radius 1 is 1.00 bits per heavy atom. The zero-order valence-corrected chi connectivity index (χ0v) is 13.1. The minimum atomic E-state index is -4.84. The zero-order chi connectivity index (χ0) is 17.0. The van der Waals surface area contributed by atoms with Crippen molar-refractivity contribution >= 4 is 22.7 Å². The summed E-state index contributed by atoms with van der Waals surface area (Å²) in [5, 5.41) is 0. The van der Waals surface area contributed by atoms with Gasteiger partial charge < -0.3 is 0 Å². The summed E-state index contributed by atoms with van der Waals surface area (Å²) < 4.78 is 66.2. The Morgan fingerprint density at radius 2 is 1.50 bits per heavy atom. The van der Waals surface area contributed by atoms with Gasteiger partial charge in [0, 0.05) is 4.90 Å². The fourth-order valence-corrected chi connectivity index (χ4v) is 2.33. The minimum absolute atomic E-state index is 0.586. The van der Waals surface area contributed by atoms with Crippen LogP contribution in [0.25, 0.3) is 0 Å².